The Balaban J connectivity index is 2.77. The minimum Gasteiger partial charge on any atom is -0.355 e. The van der Waals surface area contributed by atoms with E-state index in [1.807, 2.05) is 36.4 Å². The summed E-state index contributed by atoms with van der Waals surface area (Å²) in [4.78, 5) is 11.6. The second kappa shape index (κ2) is 4.03. The molecule has 1 N–H and O–H groups in total. The number of fused-ring (bicyclic) bond motifs is 1. The number of carbonyl (C=O) groups excluding carboxylic acids is 1. The van der Waals surface area contributed by atoms with Crippen LogP contribution >= 0.6 is 15.9 Å². The zero-order chi connectivity index (χ0) is 10.8. The van der Waals surface area contributed by atoms with Gasteiger partial charge in [0.1, 0.15) is 0 Å². The molecular formula is C12H10BrNO. The van der Waals surface area contributed by atoms with E-state index in [0.29, 0.717) is 5.56 Å². The Morgan fingerprint density at radius 3 is 2.47 bits per heavy atom. The third-order valence-corrected chi connectivity index (χ3v) is 3.03. The molecular weight excluding hydrogens is 254 g/mol. The molecule has 76 valence electrons. The lowest BCUT2D eigenvalue weighted by Gasteiger charge is -2.06. The number of carbonyl (C=O) groups is 1. The first-order chi connectivity index (χ1) is 7.24. The highest BCUT2D eigenvalue weighted by Crippen LogP contribution is 2.26. The highest BCUT2D eigenvalue weighted by Gasteiger charge is 2.09. The van der Waals surface area contributed by atoms with Crippen LogP contribution in [0.5, 0.6) is 0 Å². The molecule has 0 spiro atoms. The molecule has 0 fully saturated rings. The minimum atomic E-state index is -0.0568. The summed E-state index contributed by atoms with van der Waals surface area (Å²) in [6, 6.07) is 11.6. The molecule has 2 nitrogen and oxygen atoms in total. The van der Waals surface area contributed by atoms with Crippen LogP contribution in [0.3, 0.4) is 0 Å². The number of amides is 1. The molecule has 15 heavy (non-hydrogen) atoms. The topological polar surface area (TPSA) is 29.1 Å². The highest BCUT2D eigenvalue weighted by atomic mass is 79.9. The molecule has 0 saturated heterocycles. The van der Waals surface area contributed by atoms with E-state index >= 15 is 0 Å². The van der Waals surface area contributed by atoms with Crippen LogP contribution in [0.4, 0.5) is 0 Å². The number of rotatable bonds is 1. The van der Waals surface area contributed by atoms with E-state index in [1.54, 1.807) is 7.05 Å². The van der Waals surface area contributed by atoms with Gasteiger partial charge in [0.15, 0.2) is 0 Å². The summed E-state index contributed by atoms with van der Waals surface area (Å²) in [6.45, 7) is 0. The fraction of sp³-hybridized carbons (Fsp3) is 0.0833. The van der Waals surface area contributed by atoms with Crippen LogP contribution in [0, 0.1) is 0 Å². The lowest BCUT2D eigenvalue weighted by Crippen LogP contribution is -2.18. The van der Waals surface area contributed by atoms with Crippen LogP contribution < -0.4 is 5.32 Å². The predicted molar refractivity (Wildman–Crippen MR) is 65.0 cm³/mol. The van der Waals surface area contributed by atoms with E-state index in [1.165, 1.54) is 0 Å². The van der Waals surface area contributed by atoms with E-state index in [4.69, 9.17) is 0 Å². The SMILES string of the molecule is CNC(=O)c1ccc(Br)c2ccccc12. The fourth-order valence-corrected chi connectivity index (χ4v) is 2.07. The smallest absolute Gasteiger partial charge is 0.251 e. The first kappa shape index (κ1) is 10.2. The molecule has 0 heterocycles. The van der Waals surface area contributed by atoms with Gasteiger partial charge in [-0.05, 0) is 22.9 Å². The van der Waals surface area contributed by atoms with Crippen molar-refractivity contribution >= 4 is 32.6 Å². The molecule has 0 unspecified atom stereocenters. The first-order valence-corrected chi connectivity index (χ1v) is 5.42. The standard InChI is InChI=1S/C12H10BrNO/c1-14-12(15)10-6-7-11(13)9-5-3-2-4-8(9)10/h2-7H,1H3,(H,14,15). The van der Waals surface area contributed by atoms with Gasteiger partial charge in [-0.2, -0.15) is 0 Å². The van der Waals surface area contributed by atoms with Crippen LogP contribution in [0.1, 0.15) is 10.4 Å². The molecule has 0 radical (unpaired) electrons. The molecule has 3 heteroatoms. The second-order valence-corrected chi connectivity index (χ2v) is 4.07. The lowest BCUT2D eigenvalue weighted by atomic mass is 10.0. The second-order valence-electron chi connectivity index (χ2n) is 3.22. The lowest BCUT2D eigenvalue weighted by molar-refractivity contribution is 0.0964. The zero-order valence-corrected chi connectivity index (χ0v) is 9.84. The van der Waals surface area contributed by atoms with Crippen molar-refractivity contribution in [3.63, 3.8) is 0 Å². The van der Waals surface area contributed by atoms with Gasteiger partial charge in [-0.15, -0.1) is 0 Å². The van der Waals surface area contributed by atoms with Gasteiger partial charge in [-0.3, -0.25) is 4.79 Å². The summed E-state index contributed by atoms with van der Waals surface area (Å²) in [7, 11) is 1.64. The van der Waals surface area contributed by atoms with E-state index in [-0.39, 0.29) is 5.91 Å². The van der Waals surface area contributed by atoms with Gasteiger partial charge in [-0.1, -0.05) is 40.2 Å². The normalized spacial score (nSPS) is 10.3. The molecule has 0 aliphatic heterocycles. The summed E-state index contributed by atoms with van der Waals surface area (Å²) in [6.07, 6.45) is 0. The monoisotopic (exact) mass is 263 g/mol. The van der Waals surface area contributed by atoms with Crippen LogP contribution in [-0.4, -0.2) is 13.0 Å². The van der Waals surface area contributed by atoms with Gasteiger partial charge in [-0.25, -0.2) is 0 Å². The van der Waals surface area contributed by atoms with Gasteiger partial charge in [0.05, 0.1) is 0 Å². The van der Waals surface area contributed by atoms with Crippen LogP contribution in [-0.2, 0) is 0 Å². The maximum atomic E-state index is 11.6. The summed E-state index contributed by atoms with van der Waals surface area (Å²) in [5.41, 5.74) is 0.705. The maximum absolute atomic E-state index is 11.6. The van der Waals surface area contributed by atoms with E-state index in [9.17, 15) is 4.79 Å². The van der Waals surface area contributed by atoms with Crippen LogP contribution in [0.25, 0.3) is 10.8 Å². The van der Waals surface area contributed by atoms with Gasteiger partial charge in [0.2, 0.25) is 0 Å². The molecule has 0 aliphatic carbocycles. The molecule has 2 aromatic rings. The Morgan fingerprint density at radius 1 is 1.13 bits per heavy atom. The van der Waals surface area contributed by atoms with Crippen LogP contribution in [0.15, 0.2) is 40.9 Å². The first-order valence-electron chi connectivity index (χ1n) is 4.63. The average Bonchev–Trinajstić information content (AvgIpc) is 2.29. The fourth-order valence-electron chi connectivity index (χ4n) is 1.59. The Kier molecular flexibility index (Phi) is 2.73. The van der Waals surface area contributed by atoms with Crippen molar-refractivity contribution in [2.75, 3.05) is 7.05 Å². The molecule has 0 aromatic heterocycles. The van der Waals surface area contributed by atoms with E-state index < -0.39 is 0 Å². The summed E-state index contributed by atoms with van der Waals surface area (Å²) >= 11 is 3.47. The minimum absolute atomic E-state index is 0.0568. The molecule has 1 amide bonds. The summed E-state index contributed by atoms with van der Waals surface area (Å²) < 4.78 is 1.01. The quantitative estimate of drug-likeness (QED) is 0.842. The Labute approximate surface area is 96.4 Å². The Bertz CT molecular complexity index is 522. The van der Waals surface area contributed by atoms with Crippen molar-refractivity contribution in [2.45, 2.75) is 0 Å². The van der Waals surface area contributed by atoms with Crippen molar-refractivity contribution < 1.29 is 4.79 Å². The molecule has 2 rings (SSSR count). The molecule has 0 atom stereocenters. The molecule has 0 bridgehead atoms. The van der Waals surface area contributed by atoms with Crippen molar-refractivity contribution in [2.24, 2.45) is 0 Å². The Hall–Kier alpha value is -1.35. The third-order valence-electron chi connectivity index (χ3n) is 2.34. The maximum Gasteiger partial charge on any atom is 0.251 e. The number of hydrogen-bond acceptors (Lipinski definition) is 1. The number of benzene rings is 2. The van der Waals surface area contributed by atoms with Crippen molar-refractivity contribution in [3.8, 4) is 0 Å². The number of halogens is 1. The molecule has 0 saturated carbocycles. The van der Waals surface area contributed by atoms with Crippen molar-refractivity contribution in [3.05, 3.63) is 46.4 Å². The number of hydrogen-bond donors (Lipinski definition) is 1. The van der Waals surface area contributed by atoms with Gasteiger partial charge in [0.25, 0.3) is 5.91 Å². The van der Waals surface area contributed by atoms with Gasteiger partial charge < -0.3 is 5.32 Å². The zero-order valence-electron chi connectivity index (χ0n) is 8.25. The van der Waals surface area contributed by atoms with Gasteiger partial charge in [0, 0.05) is 17.1 Å². The largest absolute Gasteiger partial charge is 0.355 e. The van der Waals surface area contributed by atoms with Crippen molar-refractivity contribution in [1.29, 1.82) is 0 Å². The third kappa shape index (κ3) is 1.75. The van der Waals surface area contributed by atoms with Crippen LogP contribution in [0.2, 0.25) is 0 Å². The highest BCUT2D eigenvalue weighted by molar-refractivity contribution is 9.10. The number of nitrogens with one attached hydrogen (secondary N) is 1. The van der Waals surface area contributed by atoms with Gasteiger partial charge >= 0.3 is 0 Å². The summed E-state index contributed by atoms with van der Waals surface area (Å²) in [5.74, 6) is -0.0568. The van der Waals surface area contributed by atoms with E-state index in [0.717, 1.165) is 15.2 Å². The van der Waals surface area contributed by atoms with E-state index in [2.05, 4.69) is 21.2 Å². The average molecular weight is 264 g/mol. The molecule has 0 aliphatic rings. The predicted octanol–water partition coefficient (Wildman–Crippen LogP) is 2.96. The van der Waals surface area contributed by atoms with Crippen molar-refractivity contribution in [1.82, 2.24) is 5.32 Å². The summed E-state index contributed by atoms with van der Waals surface area (Å²) in [5, 5.41) is 4.66. The molecule has 2 aromatic carbocycles. The Morgan fingerprint density at radius 2 is 1.80 bits per heavy atom.